The molecule has 0 unspecified atom stereocenters. The van der Waals surface area contributed by atoms with Crippen LogP contribution in [0.2, 0.25) is 0 Å². The standard InChI is InChI=1S/C22H22F3N3O4S2/c1-12-10-33-20(27-12)13-3-4-18(16(7-13)22(23,24)25)34(30,31)14-8-15(17(9-14)32-2)19(29)28-21(11-26)5-6-21/h3-4,7,10,14-15,17H,5-6,8-9H2,1-2H3,(H,28,29)/t14-,15-,17-/m1/s1. The summed E-state index contributed by atoms with van der Waals surface area (Å²) in [6.07, 6.45) is -5.02. The highest BCUT2D eigenvalue weighted by atomic mass is 32.2. The Balaban J connectivity index is 1.66. The van der Waals surface area contributed by atoms with E-state index in [0.29, 0.717) is 23.5 Å². The molecule has 1 N–H and O–H groups in total. The highest BCUT2D eigenvalue weighted by molar-refractivity contribution is 7.92. The van der Waals surface area contributed by atoms with Crippen LogP contribution < -0.4 is 5.32 Å². The molecule has 0 radical (unpaired) electrons. The molecule has 1 amide bonds. The summed E-state index contributed by atoms with van der Waals surface area (Å²) in [5, 5.41) is 12.7. The first-order valence-electron chi connectivity index (χ1n) is 10.5. The number of carbonyl (C=O) groups excluding carboxylic acids is 1. The van der Waals surface area contributed by atoms with Crippen LogP contribution in [0.1, 0.15) is 36.9 Å². The number of methoxy groups -OCH3 is 1. The van der Waals surface area contributed by atoms with Gasteiger partial charge in [0.25, 0.3) is 0 Å². The zero-order chi connectivity index (χ0) is 24.9. The number of hydrogen-bond acceptors (Lipinski definition) is 7. The van der Waals surface area contributed by atoms with E-state index in [1.54, 1.807) is 12.3 Å². The number of aryl methyl sites for hydroxylation is 1. The van der Waals surface area contributed by atoms with E-state index in [4.69, 9.17) is 4.74 Å². The average molecular weight is 514 g/mol. The fraction of sp³-hybridized carbons (Fsp3) is 0.500. The molecular formula is C22H22F3N3O4S2. The van der Waals surface area contributed by atoms with E-state index in [0.717, 1.165) is 12.1 Å². The zero-order valence-corrected chi connectivity index (χ0v) is 20.0. The van der Waals surface area contributed by atoms with Crippen molar-refractivity contribution in [3.8, 4) is 16.6 Å². The van der Waals surface area contributed by atoms with Crippen LogP contribution in [-0.2, 0) is 25.5 Å². The fourth-order valence-electron chi connectivity index (χ4n) is 4.26. The molecule has 1 aromatic heterocycles. The summed E-state index contributed by atoms with van der Waals surface area (Å²) >= 11 is 1.17. The molecule has 0 spiro atoms. The lowest BCUT2D eigenvalue weighted by molar-refractivity contribution is -0.139. The molecule has 2 aliphatic rings. The fourth-order valence-corrected chi connectivity index (χ4v) is 7.06. The van der Waals surface area contributed by atoms with E-state index < -0.39 is 55.2 Å². The van der Waals surface area contributed by atoms with Gasteiger partial charge in [0, 0.05) is 23.7 Å². The van der Waals surface area contributed by atoms with Crippen LogP contribution in [-0.4, -0.2) is 43.3 Å². The smallest absolute Gasteiger partial charge is 0.381 e. The number of sulfone groups is 1. The quantitative estimate of drug-likeness (QED) is 0.628. The molecule has 0 bridgehead atoms. The van der Waals surface area contributed by atoms with Gasteiger partial charge in [0.1, 0.15) is 10.5 Å². The van der Waals surface area contributed by atoms with Gasteiger partial charge in [-0.1, -0.05) is 6.07 Å². The third kappa shape index (κ3) is 4.56. The molecule has 2 aromatic rings. The van der Waals surface area contributed by atoms with Gasteiger partial charge in [-0.05, 0) is 44.7 Å². The van der Waals surface area contributed by atoms with Crippen molar-refractivity contribution in [3.63, 3.8) is 0 Å². The van der Waals surface area contributed by atoms with Crippen molar-refractivity contribution in [1.29, 1.82) is 5.26 Å². The van der Waals surface area contributed by atoms with Crippen LogP contribution in [0.3, 0.4) is 0 Å². The Bertz CT molecular complexity index is 1260. The highest BCUT2D eigenvalue weighted by Crippen LogP contribution is 2.43. The van der Waals surface area contributed by atoms with Crippen LogP contribution in [0.25, 0.3) is 10.6 Å². The molecule has 12 heteroatoms. The minimum Gasteiger partial charge on any atom is -0.381 e. The monoisotopic (exact) mass is 513 g/mol. The zero-order valence-electron chi connectivity index (χ0n) is 18.3. The van der Waals surface area contributed by atoms with Gasteiger partial charge in [-0.3, -0.25) is 4.79 Å². The number of amides is 1. The molecule has 3 atom stereocenters. The number of halogens is 3. The Hall–Kier alpha value is -2.49. The maximum absolute atomic E-state index is 13.9. The molecule has 1 aromatic carbocycles. The second-order valence-corrected chi connectivity index (χ2v) is 11.8. The second-order valence-electron chi connectivity index (χ2n) is 8.70. The first kappa shape index (κ1) is 24.6. The van der Waals surface area contributed by atoms with Gasteiger partial charge in [0.05, 0.1) is 33.8 Å². The van der Waals surface area contributed by atoms with Crippen LogP contribution in [0.5, 0.6) is 0 Å². The molecule has 7 nitrogen and oxygen atoms in total. The highest BCUT2D eigenvalue weighted by Gasteiger charge is 2.51. The molecule has 2 aliphatic carbocycles. The molecule has 2 fully saturated rings. The van der Waals surface area contributed by atoms with Gasteiger partial charge in [-0.25, -0.2) is 13.4 Å². The number of hydrogen-bond donors (Lipinski definition) is 1. The van der Waals surface area contributed by atoms with Crippen LogP contribution in [0, 0.1) is 24.2 Å². The number of nitrogens with one attached hydrogen (secondary N) is 1. The number of aromatic nitrogens is 1. The van der Waals surface area contributed by atoms with E-state index in [1.807, 2.05) is 6.07 Å². The van der Waals surface area contributed by atoms with Crippen molar-refractivity contribution in [2.45, 2.75) is 60.6 Å². The molecule has 2 saturated carbocycles. The summed E-state index contributed by atoms with van der Waals surface area (Å²) in [5.41, 5.74) is -1.38. The summed E-state index contributed by atoms with van der Waals surface area (Å²) in [6.45, 7) is 1.71. The third-order valence-corrected chi connectivity index (χ3v) is 9.56. The van der Waals surface area contributed by atoms with Gasteiger partial charge >= 0.3 is 6.18 Å². The molecule has 1 heterocycles. The largest absolute Gasteiger partial charge is 0.417 e. The topological polar surface area (TPSA) is 109 Å². The minimum atomic E-state index is -4.91. The van der Waals surface area contributed by atoms with Crippen molar-refractivity contribution in [1.82, 2.24) is 10.3 Å². The molecule has 182 valence electrons. The first-order chi connectivity index (χ1) is 15.9. The predicted octanol–water partition coefficient (Wildman–Crippen LogP) is 3.88. The van der Waals surface area contributed by atoms with E-state index in [9.17, 15) is 31.6 Å². The van der Waals surface area contributed by atoms with Gasteiger partial charge < -0.3 is 10.1 Å². The maximum Gasteiger partial charge on any atom is 0.417 e. The number of ether oxygens (including phenoxy) is 1. The van der Waals surface area contributed by atoms with E-state index in [1.165, 1.54) is 24.5 Å². The third-order valence-electron chi connectivity index (χ3n) is 6.32. The summed E-state index contributed by atoms with van der Waals surface area (Å²) in [5.74, 6) is -1.41. The summed E-state index contributed by atoms with van der Waals surface area (Å²) in [7, 11) is -3.13. The normalized spacial score (nSPS) is 23.9. The Morgan fingerprint density at radius 1 is 1.32 bits per heavy atom. The number of carbonyl (C=O) groups is 1. The lowest BCUT2D eigenvalue weighted by Crippen LogP contribution is -2.42. The van der Waals surface area contributed by atoms with Crippen molar-refractivity contribution in [3.05, 3.63) is 34.8 Å². The number of nitrogens with zero attached hydrogens (tertiary/aromatic N) is 2. The number of rotatable bonds is 6. The Morgan fingerprint density at radius 3 is 2.56 bits per heavy atom. The predicted molar refractivity (Wildman–Crippen MR) is 118 cm³/mol. The number of nitriles is 1. The van der Waals surface area contributed by atoms with Gasteiger partial charge in [0.15, 0.2) is 9.84 Å². The minimum absolute atomic E-state index is 0.124. The summed E-state index contributed by atoms with van der Waals surface area (Å²) in [6, 6.07) is 5.12. The lowest BCUT2D eigenvalue weighted by Gasteiger charge is -2.19. The van der Waals surface area contributed by atoms with Crippen molar-refractivity contribution in [2.24, 2.45) is 5.92 Å². The van der Waals surface area contributed by atoms with Crippen LogP contribution >= 0.6 is 11.3 Å². The van der Waals surface area contributed by atoms with E-state index in [-0.39, 0.29) is 18.4 Å². The molecule has 4 rings (SSSR count). The Morgan fingerprint density at radius 2 is 2.03 bits per heavy atom. The molecule has 34 heavy (non-hydrogen) atoms. The number of alkyl halides is 3. The Labute approximate surface area is 198 Å². The lowest BCUT2D eigenvalue weighted by atomic mass is 10.0. The van der Waals surface area contributed by atoms with Gasteiger partial charge in [-0.2, -0.15) is 18.4 Å². The van der Waals surface area contributed by atoms with Crippen LogP contribution in [0.4, 0.5) is 13.2 Å². The number of thiazole rings is 1. The van der Waals surface area contributed by atoms with E-state index in [2.05, 4.69) is 10.3 Å². The Kier molecular flexibility index (Phi) is 6.25. The number of benzene rings is 1. The second kappa shape index (κ2) is 8.62. The van der Waals surface area contributed by atoms with Crippen molar-refractivity contribution >= 4 is 27.1 Å². The molecular weight excluding hydrogens is 491 g/mol. The molecule has 0 saturated heterocycles. The van der Waals surface area contributed by atoms with Crippen molar-refractivity contribution in [2.75, 3.05) is 7.11 Å². The van der Waals surface area contributed by atoms with Crippen molar-refractivity contribution < 1.29 is 31.1 Å². The maximum atomic E-state index is 13.9. The summed E-state index contributed by atoms with van der Waals surface area (Å²) < 4.78 is 73.9. The SMILES string of the molecule is CO[C@@H]1C[C@H](S(=O)(=O)c2ccc(-c3nc(C)cs3)cc2C(F)(F)F)C[C@H]1C(=O)NC1(C#N)CC1. The summed E-state index contributed by atoms with van der Waals surface area (Å²) in [4.78, 5) is 16.1. The molecule has 0 aliphatic heterocycles. The van der Waals surface area contributed by atoms with E-state index >= 15 is 0 Å². The van der Waals surface area contributed by atoms with Gasteiger partial charge in [-0.15, -0.1) is 11.3 Å². The average Bonchev–Trinajstić information content (AvgIpc) is 3.19. The first-order valence-corrected chi connectivity index (χ1v) is 13.0. The van der Waals surface area contributed by atoms with Gasteiger partial charge in [0.2, 0.25) is 5.91 Å². The van der Waals surface area contributed by atoms with Crippen LogP contribution in [0.15, 0.2) is 28.5 Å².